The second-order valence-corrected chi connectivity index (χ2v) is 7.33. The van der Waals surface area contributed by atoms with Crippen LogP contribution in [-0.2, 0) is 6.54 Å². The molecule has 4 aromatic rings. The first-order chi connectivity index (χ1) is 15.7. The zero-order chi connectivity index (χ0) is 21.9. The zero-order valence-corrected chi connectivity index (χ0v) is 16.9. The fourth-order valence-electron chi connectivity index (χ4n) is 3.67. The number of aliphatic hydroxyl groups excluding tert-OH is 1. The van der Waals surface area contributed by atoms with Crippen molar-refractivity contribution in [2.75, 3.05) is 17.2 Å². The van der Waals surface area contributed by atoms with Gasteiger partial charge in [-0.1, -0.05) is 35.5 Å². The minimum absolute atomic E-state index is 0.0592. The summed E-state index contributed by atoms with van der Waals surface area (Å²) in [7, 11) is 0. The Morgan fingerprint density at radius 1 is 1.09 bits per heavy atom. The van der Waals surface area contributed by atoms with Gasteiger partial charge in [0.15, 0.2) is 6.33 Å². The fourth-order valence-corrected chi connectivity index (χ4v) is 3.67. The molecular formula is C23H20N6O3. The van der Waals surface area contributed by atoms with Crippen LogP contribution < -0.4 is 16.0 Å². The Bertz CT molecular complexity index is 1240. The van der Waals surface area contributed by atoms with Gasteiger partial charge in [-0.2, -0.15) is 4.98 Å². The molecular weight excluding hydrogens is 408 g/mol. The van der Waals surface area contributed by atoms with Gasteiger partial charge in [-0.15, -0.1) is 0 Å². The maximum atomic E-state index is 11.8. The van der Waals surface area contributed by atoms with Crippen molar-refractivity contribution in [2.45, 2.75) is 12.6 Å². The smallest absolute Gasteiger partial charge is 0.261 e. The largest absolute Gasteiger partial charge is 0.394 e. The average molecular weight is 428 g/mol. The average Bonchev–Trinajstić information content (AvgIpc) is 3.48. The molecule has 0 radical (unpaired) electrons. The Balaban J connectivity index is 1.47. The van der Waals surface area contributed by atoms with Crippen LogP contribution in [0.25, 0.3) is 11.5 Å². The van der Waals surface area contributed by atoms with Crippen LogP contribution >= 0.6 is 0 Å². The van der Waals surface area contributed by atoms with Crippen molar-refractivity contribution < 1.29 is 14.4 Å². The number of fused-ring (bicyclic) bond motifs is 1. The van der Waals surface area contributed by atoms with Crippen LogP contribution in [0.2, 0.25) is 0 Å². The molecule has 5 rings (SSSR count). The highest BCUT2D eigenvalue weighted by atomic mass is 16.5. The van der Waals surface area contributed by atoms with Gasteiger partial charge < -0.3 is 25.6 Å². The third kappa shape index (κ3) is 3.88. The van der Waals surface area contributed by atoms with Crippen LogP contribution in [0.4, 0.5) is 17.2 Å². The third-order valence-electron chi connectivity index (χ3n) is 5.27. The summed E-state index contributed by atoms with van der Waals surface area (Å²) < 4.78 is 5.24. The molecule has 0 aliphatic carbocycles. The normalized spacial score (nSPS) is 13.3. The van der Waals surface area contributed by atoms with Gasteiger partial charge in [-0.25, -0.2) is 4.98 Å². The van der Waals surface area contributed by atoms with E-state index in [0.717, 1.165) is 16.8 Å². The summed E-state index contributed by atoms with van der Waals surface area (Å²) >= 11 is 0. The number of nitrogens with one attached hydrogen (secondary N) is 3. The summed E-state index contributed by atoms with van der Waals surface area (Å²) in [6.07, 6.45) is 2.96. The molecule has 0 unspecified atom stereocenters. The number of pyridine rings is 1. The summed E-state index contributed by atoms with van der Waals surface area (Å²) in [6, 6.07) is 16.7. The summed E-state index contributed by atoms with van der Waals surface area (Å²) in [5.74, 6) is 0.840. The van der Waals surface area contributed by atoms with E-state index in [1.807, 2.05) is 48.5 Å². The van der Waals surface area contributed by atoms with Gasteiger partial charge in [-0.3, -0.25) is 4.79 Å². The predicted molar refractivity (Wildman–Crippen MR) is 118 cm³/mol. The lowest BCUT2D eigenvalue weighted by atomic mass is 10.1. The van der Waals surface area contributed by atoms with Gasteiger partial charge in [0.25, 0.3) is 11.8 Å². The molecule has 1 aliphatic rings. The molecule has 0 saturated heterocycles. The monoisotopic (exact) mass is 428 g/mol. The number of benzene rings is 2. The number of hydrogen-bond donors (Lipinski definition) is 4. The molecule has 1 aliphatic heterocycles. The van der Waals surface area contributed by atoms with Gasteiger partial charge in [0.2, 0.25) is 0 Å². The second-order valence-electron chi connectivity index (χ2n) is 7.33. The predicted octanol–water partition coefficient (Wildman–Crippen LogP) is 3.26. The van der Waals surface area contributed by atoms with Gasteiger partial charge >= 0.3 is 0 Å². The van der Waals surface area contributed by atoms with Crippen LogP contribution in [0, 0.1) is 0 Å². The lowest BCUT2D eigenvalue weighted by molar-refractivity contribution is 0.0965. The topological polar surface area (TPSA) is 125 Å². The van der Waals surface area contributed by atoms with Gasteiger partial charge in [-0.05, 0) is 29.3 Å². The molecule has 32 heavy (non-hydrogen) atoms. The van der Waals surface area contributed by atoms with Crippen LogP contribution in [-0.4, -0.2) is 32.7 Å². The first kappa shape index (κ1) is 19.7. The van der Waals surface area contributed by atoms with E-state index >= 15 is 0 Å². The molecule has 4 N–H and O–H groups in total. The lowest BCUT2D eigenvalue weighted by Gasteiger charge is -2.20. The quantitative estimate of drug-likeness (QED) is 0.353. The van der Waals surface area contributed by atoms with Crippen LogP contribution in [0.3, 0.4) is 0 Å². The molecule has 3 heterocycles. The van der Waals surface area contributed by atoms with Gasteiger partial charge in [0.1, 0.15) is 5.82 Å². The van der Waals surface area contributed by atoms with E-state index in [-0.39, 0.29) is 18.6 Å². The maximum absolute atomic E-state index is 11.8. The molecule has 9 heteroatoms. The fraction of sp³-hybridized carbons (Fsp3) is 0.130. The zero-order valence-electron chi connectivity index (χ0n) is 16.9. The minimum atomic E-state index is -0.342. The summed E-state index contributed by atoms with van der Waals surface area (Å²) in [5.41, 5.74) is 4.66. The summed E-state index contributed by atoms with van der Waals surface area (Å²) in [5, 5.41) is 23.1. The van der Waals surface area contributed by atoms with Gasteiger partial charge in [0.05, 0.1) is 23.9 Å². The molecule has 2 aromatic carbocycles. The number of rotatable bonds is 7. The first-order valence-corrected chi connectivity index (χ1v) is 10.1. The van der Waals surface area contributed by atoms with Crippen molar-refractivity contribution >= 4 is 23.1 Å². The SMILES string of the molecule is O=C1NCc2cc(Nc3cc(N[C@H](CO)c4ccccc4)c(-c4ncno4)cn3)ccc21. The summed E-state index contributed by atoms with van der Waals surface area (Å²) in [6.45, 7) is 0.402. The molecule has 1 atom stereocenters. The number of aromatic nitrogens is 3. The maximum Gasteiger partial charge on any atom is 0.261 e. The number of carbonyl (C=O) groups is 1. The number of carbonyl (C=O) groups excluding carboxylic acids is 1. The van der Waals surface area contributed by atoms with E-state index in [2.05, 4.69) is 31.1 Å². The highest BCUT2D eigenvalue weighted by molar-refractivity contribution is 5.98. The molecule has 0 saturated carbocycles. The first-order valence-electron chi connectivity index (χ1n) is 10.1. The van der Waals surface area contributed by atoms with Crippen molar-refractivity contribution in [1.82, 2.24) is 20.4 Å². The number of aliphatic hydroxyl groups is 1. The number of nitrogens with zero attached hydrogens (tertiary/aromatic N) is 3. The molecule has 2 aromatic heterocycles. The Labute approximate surface area is 183 Å². The third-order valence-corrected chi connectivity index (χ3v) is 5.27. The van der Waals surface area contributed by atoms with Crippen LogP contribution in [0.5, 0.6) is 0 Å². The van der Waals surface area contributed by atoms with Crippen molar-refractivity contribution in [3.8, 4) is 11.5 Å². The van der Waals surface area contributed by atoms with E-state index in [0.29, 0.717) is 35.1 Å². The highest BCUT2D eigenvalue weighted by Gasteiger charge is 2.20. The standard InChI is InChI=1S/C23H20N6O3/c30-12-20(14-4-2-1-3-5-14)29-19-9-21(24-11-18(19)23-26-13-27-32-23)28-16-6-7-17-15(8-16)10-25-22(17)31/h1-9,11,13,20,30H,10,12H2,(H,25,31)(H2,24,28,29)/t20-/m1/s1. The van der Waals surface area contributed by atoms with Crippen molar-refractivity contribution in [1.29, 1.82) is 0 Å². The number of anilines is 3. The highest BCUT2D eigenvalue weighted by Crippen LogP contribution is 2.32. The Morgan fingerprint density at radius 3 is 2.75 bits per heavy atom. The van der Waals surface area contributed by atoms with E-state index < -0.39 is 0 Å². The van der Waals surface area contributed by atoms with Crippen molar-refractivity contribution in [3.05, 3.63) is 83.8 Å². The van der Waals surface area contributed by atoms with E-state index in [1.54, 1.807) is 12.3 Å². The molecule has 9 nitrogen and oxygen atoms in total. The van der Waals surface area contributed by atoms with E-state index in [4.69, 9.17) is 4.52 Å². The minimum Gasteiger partial charge on any atom is -0.394 e. The lowest BCUT2D eigenvalue weighted by Crippen LogP contribution is -2.15. The Hall–Kier alpha value is -4.24. The summed E-state index contributed by atoms with van der Waals surface area (Å²) in [4.78, 5) is 20.4. The van der Waals surface area contributed by atoms with E-state index in [9.17, 15) is 9.90 Å². The van der Waals surface area contributed by atoms with Crippen LogP contribution in [0.1, 0.15) is 27.5 Å². The van der Waals surface area contributed by atoms with E-state index in [1.165, 1.54) is 6.33 Å². The molecule has 0 bridgehead atoms. The molecule has 0 fully saturated rings. The van der Waals surface area contributed by atoms with Gasteiger partial charge in [0, 0.05) is 30.1 Å². The van der Waals surface area contributed by atoms with Crippen molar-refractivity contribution in [2.24, 2.45) is 0 Å². The molecule has 160 valence electrons. The van der Waals surface area contributed by atoms with Crippen molar-refractivity contribution in [3.63, 3.8) is 0 Å². The number of hydrogen-bond acceptors (Lipinski definition) is 8. The number of amides is 1. The molecule has 1 amide bonds. The van der Waals surface area contributed by atoms with Crippen LogP contribution in [0.15, 0.2) is 71.6 Å². The Kier molecular flexibility index (Phi) is 5.22. The Morgan fingerprint density at radius 2 is 1.97 bits per heavy atom. The second kappa shape index (κ2) is 8.48. The molecule has 0 spiro atoms.